The summed E-state index contributed by atoms with van der Waals surface area (Å²) in [5.74, 6) is 1.31. The number of hydrogen-bond donors (Lipinski definition) is 4. The van der Waals surface area contributed by atoms with E-state index in [1.54, 1.807) is 6.07 Å². The van der Waals surface area contributed by atoms with Crippen molar-refractivity contribution in [1.29, 1.82) is 0 Å². The van der Waals surface area contributed by atoms with Crippen molar-refractivity contribution in [3.05, 3.63) is 53.3 Å². The molecule has 0 fully saturated rings. The molecule has 8 nitrogen and oxygen atoms in total. The summed E-state index contributed by atoms with van der Waals surface area (Å²) in [7, 11) is 0. The number of fused-ring (bicyclic) bond motifs is 3. The van der Waals surface area contributed by atoms with Gasteiger partial charge >= 0.3 is 0 Å². The molecule has 9 heteroatoms. The first-order valence-corrected chi connectivity index (χ1v) is 14.0. The van der Waals surface area contributed by atoms with E-state index < -0.39 is 11.0 Å². The minimum atomic E-state index is -0.539. The summed E-state index contributed by atoms with van der Waals surface area (Å²) in [5.41, 5.74) is 9.31. The van der Waals surface area contributed by atoms with E-state index in [0.29, 0.717) is 23.4 Å². The third-order valence-corrected chi connectivity index (χ3v) is 8.30. The molecular formula is C29H36BrN5O3. The SMILES string of the molecule is CCCCc1nc2c(N)nc3cc(C(C)(C)C(C)(C)NC(=O)CBr)ccc3c2n1Cc1cc(O)ccc1O. The Morgan fingerprint density at radius 1 is 1.11 bits per heavy atom. The first-order chi connectivity index (χ1) is 17.9. The number of aromatic nitrogens is 3. The van der Waals surface area contributed by atoms with Gasteiger partial charge in [0.2, 0.25) is 5.91 Å². The normalized spacial score (nSPS) is 12.4. The Morgan fingerprint density at radius 2 is 1.84 bits per heavy atom. The van der Waals surface area contributed by atoms with Crippen LogP contribution >= 0.6 is 15.9 Å². The molecule has 0 radical (unpaired) electrons. The summed E-state index contributed by atoms with van der Waals surface area (Å²) in [6.07, 6.45) is 2.71. The molecule has 0 atom stereocenters. The number of aryl methyl sites for hydroxylation is 1. The van der Waals surface area contributed by atoms with Crippen molar-refractivity contribution >= 4 is 49.6 Å². The van der Waals surface area contributed by atoms with Crippen LogP contribution in [0.15, 0.2) is 36.4 Å². The smallest absolute Gasteiger partial charge is 0.231 e. The van der Waals surface area contributed by atoms with Crippen LogP contribution in [0.1, 0.15) is 64.4 Å². The minimum Gasteiger partial charge on any atom is -0.508 e. The third kappa shape index (κ3) is 5.04. The number of unbranched alkanes of at least 4 members (excludes halogenated alkanes) is 1. The van der Waals surface area contributed by atoms with Gasteiger partial charge in [-0.3, -0.25) is 4.79 Å². The molecule has 0 aliphatic rings. The highest BCUT2D eigenvalue weighted by Gasteiger charge is 2.39. The molecular weight excluding hydrogens is 546 g/mol. The lowest BCUT2D eigenvalue weighted by atomic mass is 9.69. The van der Waals surface area contributed by atoms with E-state index in [-0.39, 0.29) is 22.7 Å². The Hall–Kier alpha value is -3.33. The van der Waals surface area contributed by atoms with E-state index in [2.05, 4.69) is 52.7 Å². The zero-order valence-electron chi connectivity index (χ0n) is 22.6. The second-order valence-electron chi connectivity index (χ2n) is 10.9. The number of nitrogens with zero attached hydrogens (tertiary/aromatic N) is 3. The highest BCUT2D eigenvalue weighted by Crippen LogP contribution is 2.38. The number of pyridine rings is 1. The van der Waals surface area contributed by atoms with Gasteiger partial charge in [0.15, 0.2) is 5.82 Å². The predicted octanol–water partition coefficient (Wildman–Crippen LogP) is 5.54. The van der Waals surface area contributed by atoms with Crippen LogP contribution in [0.5, 0.6) is 11.5 Å². The summed E-state index contributed by atoms with van der Waals surface area (Å²) in [4.78, 5) is 21.8. The van der Waals surface area contributed by atoms with Crippen molar-refractivity contribution in [2.75, 3.05) is 11.1 Å². The zero-order valence-corrected chi connectivity index (χ0v) is 24.2. The maximum atomic E-state index is 12.2. The summed E-state index contributed by atoms with van der Waals surface area (Å²) in [6.45, 7) is 10.7. The number of nitrogen functional groups attached to an aromatic ring is 1. The fourth-order valence-corrected chi connectivity index (χ4v) is 4.95. The molecule has 2 heterocycles. The molecule has 4 aromatic rings. The molecule has 0 bridgehead atoms. The molecule has 1 amide bonds. The van der Waals surface area contributed by atoms with Crippen molar-refractivity contribution < 1.29 is 15.0 Å². The summed E-state index contributed by atoms with van der Waals surface area (Å²) < 4.78 is 2.07. The minimum absolute atomic E-state index is 0.0772. The Kier molecular flexibility index (Phi) is 7.61. The number of alkyl halides is 1. The quantitative estimate of drug-likeness (QED) is 0.152. The summed E-state index contributed by atoms with van der Waals surface area (Å²) in [5, 5.41) is 24.8. The van der Waals surface area contributed by atoms with E-state index in [4.69, 9.17) is 15.7 Å². The van der Waals surface area contributed by atoms with Gasteiger partial charge in [0.05, 0.1) is 22.9 Å². The molecule has 0 saturated carbocycles. The van der Waals surface area contributed by atoms with Crippen LogP contribution in [0.3, 0.4) is 0 Å². The average molecular weight is 583 g/mol. The molecule has 0 saturated heterocycles. The average Bonchev–Trinajstić information content (AvgIpc) is 3.23. The lowest BCUT2D eigenvalue weighted by Crippen LogP contribution is -2.56. The van der Waals surface area contributed by atoms with Gasteiger partial charge in [0.1, 0.15) is 22.8 Å². The highest BCUT2D eigenvalue weighted by atomic mass is 79.9. The number of carbonyl (C=O) groups excluding carboxylic acids is 1. The first kappa shape index (κ1) is 27.7. The maximum Gasteiger partial charge on any atom is 0.231 e. The van der Waals surface area contributed by atoms with E-state index in [9.17, 15) is 15.0 Å². The van der Waals surface area contributed by atoms with Crippen molar-refractivity contribution in [2.45, 2.75) is 71.4 Å². The number of nitrogens with one attached hydrogen (secondary N) is 1. The van der Waals surface area contributed by atoms with Gasteiger partial charge in [-0.1, -0.05) is 55.3 Å². The second-order valence-corrected chi connectivity index (χ2v) is 11.4. The molecule has 0 unspecified atom stereocenters. The second kappa shape index (κ2) is 10.4. The number of benzene rings is 2. The molecule has 0 aliphatic carbocycles. The zero-order chi connectivity index (χ0) is 27.8. The predicted molar refractivity (Wildman–Crippen MR) is 156 cm³/mol. The molecule has 5 N–H and O–H groups in total. The topological polar surface area (TPSA) is 126 Å². The Balaban J connectivity index is 1.91. The Morgan fingerprint density at radius 3 is 2.53 bits per heavy atom. The number of aromatic hydroxyl groups is 2. The van der Waals surface area contributed by atoms with Crippen LogP contribution < -0.4 is 11.1 Å². The van der Waals surface area contributed by atoms with Crippen LogP contribution in [0, 0.1) is 0 Å². The largest absolute Gasteiger partial charge is 0.508 e. The Labute approximate surface area is 231 Å². The lowest BCUT2D eigenvalue weighted by molar-refractivity contribution is -0.120. The van der Waals surface area contributed by atoms with Gasteiger partial charge < -0.3 is 25.8 Å². The van der Waals surface area contributed by atoms with E-state index in [1.807, 2.05) is 26.0 Å². The third-order valence-electron chi connectivity index (χ3n) is 7.79. The Bertz CT molecular complexity index is 1510. The summed E-state index contributed by atoms with van der Waals surface area (Å²) in [6, 6.07) is 10.7. The number of anilines is 1. The van der Waals surface area contributed by atoms with Crippen molar-refractivity contribution in [1.82, 2.24) is 19.9 Å². The number of amides is 1. The molecule has 4 rings (SSSR count). The standard InChI is InChI=1S/C29H36BrN5O3/c1-6-7-8-23-33-25-26(35(23)16-17-13-19(36)10-12-22(17)37)20-11-9-18(14-21(20)32-27(25)31)28(2,3)29(4,5)34-24(38)15-30/h9-14,36-37H,6-8,15-16H2,1-5H3,(H2,31,32)(H,34,38). The number of carbonyl (C=O) groups is 1. The van der Waals surface area contributed by atoms with Gasteiger partial charge in [-0.2, -0.15) is 0 Å². The molecule has 0 aliphatic heterocycles. The van der Waals surface area contributed by atoms with Gasteiger partial charge in [-0.25, -0.2) is 9.97 Å². The molecule has 202 valence electrons. The number of rotatable bonds is 9. The number of phenolic OH excluding ortho intramolecular Hbond substituents is 2. The van der Waals surface area contributed by atoms with E-state index in [1.165, 1.54) is 12.1 Å². The van der Waals surface area contributed by atoms with E-state index >= 15 is 0 Å². The fourth-order valence-electron chi connectivity index (χ4n) is 4.81. The van der Waals surface area contributed by atoms with Crippen LogP contribution in [0.2, 0.25) is 0 Å². The van der Waals surface area contributed by atoms with Gasteiger partial charge in [0.25, 0.3) is 0 Å². The van der Waals surface area contributed by atoms with Crippen LogP contribution in [0.4, 0.5) is 5.82 Å². The monoisotopic (exact) mass is 581 g/mol. The maximum absolute atomic E-state index is 12.2. The molecule has 0 spiro atoms. The van der Waals surface area contributed by atoms with Crippen LogP contribution in [0.25, 0.3) is 21.9 Å². The number of imidazole rings is 1. The number of nitrogens with two attached hydrogens (primary N) is 1. The van der Waals surface area contributed by atoms with Gasteiger partial charge in [0, 0.05) is 28.3 Å². The lowest BCUT2D eigenvalue weighted by Gasteiger charge is -2.42. The summed E-state index contributed by atoms with van der Waals surface area (Å²) >= 11 is 3.24. The van der Waals surface area contributed by atoms with Gasteiger partial charge in [-0.05, 0) is 50.1 Å². The van der Waals surface area contributed by atoms with Crippen LogP contribution in [-0.4, -0.2) is 41.5 Å². The van der Waals surface area contributed by atoms with Crippen molar-refractivity contribution in [3.63, 3.8) is 0 Å². The number of halogens is 1. The fraction of sp³-hybridized carbons (Fsp3) is 0.414. The van der Waals surface area contributed by atoms with Crippen LogP contribution in [-0.2, 0) is 23.2 Å². The van der Waals surface area contributed by atoms with Crippen molar-refractivity contribution in [2.24, 2.45) is 0 Å². The first-order valence-electron chi connectivity index (χ1n) is 12.9. The van der Waals surface area contributed by atoms with Crippen molar-refractivity contribution in [3.8, 4) is 11.5 Å². The van der Waals surface area contributed by atoms with Gasteiger partial charge in [-0.15, -0.1) is 0 Å². The molecule has 38 heavy (non-hydrogen) atoms. The molecule has 2 aromatic carbocycles. The highest BCUT2D eigenvalue weighted by molar-refractivity contribution is 9.09. The molecule has 2 aromatic heterocycles. The van der Waals surface area contributed by atoms with E-state index in [0.717, 1.165) is 47.1 Å². The number of hydrogen-bond acceptors (Lipinski definition) is 6. The number of phenols is 2.